The molecule has 6 aromatic carbocycles. The van der Waals surface area contributed by atoms with Crippen molar-refractivity contribution < 1.29 is 4.74 Å². The van der Waals surface area contributed by atoms with Gasteiger partial charge in [-0.3, -0.25) is 0 Å². The first-order valence-corrected chi connectivity index (χ1v) is 15.2. The van der Waals surface area contributed by atoms with Crippen LogP contribution in [0.25, 0.3) is 11.1 Å². The zero-order valence-electron chi connectivity index (χ0n) is 24.0. The maximum Gasteiger partial charge on any atom is 0.170 e. The molecule has 210 valence electrons. The van der Waals surface area contributed by atoms with Crippen molar-refractivity contribution in [3.63, 3.8) is 0 Å². The molecule has 3 heterocycles. The molecule has 4 aliphatic rings. The average molecular weight is 569 g/mol. The molecule has 10 rings (SSSR count). The van der Waals surface area contributed by atoms with E-state index in [-0.39, 0.29) is 0 Å². The summed E-state index contributed by atoms with van der Waals surface area (Å²) in [5.41, 5.74) is 11.5. The molecule has 44 heavy (non-hydrogen) atoms. The summed E-state index contributed by atoms with van der Waals surface area (Å²) in [7, 11) is 0. The van der Waals surface area contributed by atoms with Gasteiger partial charge < -0.3 is 24.3 Å². The third-order valence-corrected chi connectivity index (χ3v) is 9.66. The van der Waals surface area contributed by atoms with Crippen molar-refractivity contribution in [1.29, 1.82) is 0 Å². The predicted octanol–water partition coefficient (Wildman–Crippen LogP) is 9.21. The Balaban J connectivity index is 1.34. The largest absolute Gasteiger partial charge is 0.457 e. The van der Waals surface area contributed by atoms with Crippen molar-refractivity contribution >= 4 is 34.1 Å². The fraction of sp³-hybridized carbons (Fsp3) is 0.0769. The second kappa shape index (κ2) is 8.68. The van der Waals surface area contributed by atoms with Gasteiger partial charge in [-0.15, -0.1) is 0 Å². The smallest absolute Gasteiger partial charge is 0.170 e. The summed E-state index contributed by atoms with van der Waals surface area (Å²) < 4.78 is 6.50. The van der Waals surface area contributed by atoms with Crippen molar-refractivity contribution in [2.45, 2.75) is 5.66 Å². The second-order valence-electron chi connectivity index (χ2n) is 11.8. The number of nitrogens with zero attached hydrogens (tertiary/aromatic N) is 4. The summed E-state index contributed by atoms with van der Waals surface area (Å²) in [6.45, 7) is 1.35. The van der Waals surface area contributed by atoms with Crippen LogP contribution in [0, 0.1) is 0 Å². The van der Waals surface area contributed by atoms with Crippen molar-refractivity contribution in [1.82, 2.24) is 0 Å². The minimum absolute atomic E-state index is 0.612. The number of para-hydroxylation sites is 4. The number of benzene rings is 6. The molecule has 3 aliphatic heterocycles. The van der Waals surface area contributed by atoms with Crippen LogP contribution in [0.4, 0.5) is 34.1 Å². The lowest BCUT2D eigenvalue weighted by Gasteiger charge is -2.49. The van der Waals surface area contributed by atoms with Crippen LogP contribution in [0.1, 0.15) is 11.1 Å². The maximum absolute atomic E-state index is 6.50. The molecule has 0 aromatic heterocycles. The highest BCUT2D eigenvalue weighted by Crippen LogP contribution is 2.60. The Morgan fingerprint density at radius 1 is 0.432 bits per heavy atom. The number of hydrogen-bond donors (Lipinski definition) is 0. The van der Waals surface area contributed by atoms with Crippen LogP contribution in [0.3, 0.4) is 0 Å². The zero-order chi connectivity index (χ0) is 28.8. The monoisotopic (exact) mass is 568 g/mol. The summed E-state index contributed by atoms with van der Waals surface area (Å²) in [5, 5.41) is 0. The van der Waals surface area contributed by atoms with Crippen molar-refractivity contribution in [2.24, 2.45) is 0 Å². The summed E-state index contributed by atoms with van der Waals surface area (Å²) in [6.07, 6.45) is 0. The molecule has 0 N–H and O–H groups in total. The van der Waals surface area contributed by atoms with Crippen LogP contribution in [0.15, 0.2) is 146 Å². The summed E-state index contributed by atoms with van der Waals surface area (Å²) in [6, 6.07) is 52.6. The summed E-state index contributed by atoms with van der Waals surface area (Å²) >= 11 is 0. The molecule has 5 nitrogen and oxygen atoms in total. The molecule has 0 unspecified atom stereocenters. The first-order valence-electron chi connectivity index (χ1n) is 15.2. The molecule has 0 atom stereocenters. The van der Waals surface area contributed by atoms with E-state index in [1.54, 1.807) is 0 Å². The van der Waals surface area contributed by atoms with Crippen LogP contribution in [-0.2, 0) is 5.66 Å². The third-order valence-electron chi connectivity index (χ3n) is 9.66. The minimum Gasteiger partial charge on any atom is -0.457 e. The Labute approximate surface area is 256 Å². The topological polar surface area (TPSA) is 22.2 Å². The van der Waals surface area contributed by atoms with Gasteiger partial charge in [0.2, 0.25) is 0 Å². The lowest BCUT2D eigenvalue weighted by molar-refractivity contribution is 0.470. The Bertz CT molecular complexity index is 1970. The van der Waals surface area contributed by atoms with Crippen LogP contribution in [-0.4, -0.2) is 13.3 Å². The van der Waals surface area contributed by atoms with Gasteiger partial charge in [0.05, 0.1) is 36.1 Å². The van der Waals surface area contributed by atoms with Gasteiger partial charge in [0.25, 0.3) is 0 Å². The van der Waals surface area contributed by atoms with Gasteiger partial charge in [0, 0.05) is 34.6 Å². The standard InChI is InChI=1S/C39H28N4O/c1-3-17-33-31(15-1)32-16-2-4-18-34(32)39(33)42-25-40(35-19-5-7-21-37(35)42)27-11-9-13-29(23-27)44-30-14-10-12-28(24-30)41-26-43(39)38-22-8-6-20-36(38)41/h1-24H,25-26H2. The summed E-state index contributed by atoms with van der Waals surface area (Å²) in [4.78, 5) is 10.1. The highest BCUT2D eigenvalue weighted by molar-refractivity contribution is 5.94. The van der Waals surface area contributed by atoms with E-state index in [9.17, 15) is 0 Å². The lowest BCUT2D eigenvalue weighted by Crippen LogP contribution is -2.59. The highest BCUT2D eigenvalue weighted by Gasteiger charge is 2.56. The van der Waals surface area contributed by atoms with E-state index < -0.39 is 5.66 Å². The fourth-order valence-electron chi connectivity index (χ4n) is 7.91. The molecule has 0 saturated carbocycles. The number of anilines is 6. The Kier molecular flexibility index (Phi) is 4.70. The number of fused-ring (bicyclic) bond motifs is 23. The number of ether oxygens (including phenoxy) is 1. The van der Waals surface area contributed by atoms with E-state index in [1.165, 1.54) is 45.0 Å². The van der Waals surface area contributed by atoms with Crippen LogP contribution < -0.4 is 24.3 Å². The van der Waals surface area contributed by atoms with Crippen LogP contribution >= 0.6 is 0 Å². The zero-order valence-corrected chi connectivity index (χ0v) is 24.0. The van der Waals surface area contributed by atoms with Gasteiger partial charge in [-0.2, -0.15) is 0 Å². The van der Waals surface area contributed by atoms with E-state index in [1.807, 2.05) is 12.1 Å². The molecular formula is C39H28N4O. The second-order valence-corrected chi connectivity index (χ2v) is 11.8. The van der Waals surface area contributed by atoms with Gasteiger partial charge in [-0.05, 0) is 59.7 Å². The van der Waals surface area contributed by atoms with Crippen LogP contribution in [0.2, 0.25) is 0 Å². The van der Waals surface area contributed by atoms with Gasteiger partial charge >= 0.3 is 0 Å². The fourth-order valence-corrected chi connectivity index (χ4v) is 7.91. The van der Waals surface area contributed by atoms with E-state index in [0.29, 0.717) is 13.3 Å². The average Bonchev–Trinajstić information content (AvgIpc) is 3.74. The Morgan fingerprint density at radius 2 is 0.864 bits per heavy atom. The molecule has 0 saturated heterocycles. The van der Waals surface area contributed by atoms with Crippen molar-refractivity contribution in [2.75, 3.05) is 32.9 Å². The molecule has 8 bridgehead atoms. The van der Waals surface area contributed by atoms with Gasteiger partial charge in [-0.25, -0.2) is 0 Å². The van der Waals surface area contributed by atoms with Crippen LogP contribution in [0.5, 0.6) is 11.5 Å². The number of hydrogen-bond acceptors (Lipinski definition) is 5. The van der Waals surface area contributed by atoms with Crippen molar-refractivity contribution in [3.8, 4) is 22.6 Å². The Morgan fingerprint density at radius 3 is 1.36 bits per heavy atom. The third kappa shape index (κ3) is 3.03. The highest BCUT2D eigenvalue weighted by atomic mass is 16.5. The molecule has 0 radical (unpaired) electrons. The van der Waals surface area contributed by atoms with E-state index in [2.05, 4.69) is 153 Å². The van der Waals surface area contributed by atoms with Crippen molar-refractivity contribution in [3.05, 3.63) is 157 Å². The summed E-state index contributed by atoms with van der Waals surface area (Å²) in [5.74, 6) is 1.64. The molecule has 1 aliphatic carbocycles. The predicted molar refractivity (Wildman–Crippen MR) is 177 cm³/mol. The van der Waals surface area contributed by atoms with E-state index >= 15 is 0 Å². The van der Waals surface area contributed by atoms with Gasteiger partial charge in [-0.1, -0.05) is 84.9 Å². The molecule has 6 aromatic rings. The molecule has 0 amide bonds. The van der Waals surface area contributed by atoms with Gasteiger partial charge in [0.1, 0.15) is 11.5 Å². The van der Waals surface area contributed by atoms with E-state index in [4.69, 9.17) is 4.74 Å². The quantitative estimate of drug-likeness (QED) is 0.182. The minimum atomic E-state index is -0.612. The normalized spacial score (nSPS) is 16.2. The lowest BCUT2D eigenvalue weighted by atomic mass is 9.92. The first kappa shape index (κ1) is 23.8. The SMILES string of the molecule is c1cc2cc(c1)N1CN(c3ccccc31)C1(c3ccccc3-c3ccccc31)N1CN(c3cccc(c3)O2)c2ccccc21. The molecule has 5 heteroatoms. The first-order chi connectivity index (χ1) is 21.8. The molecule has 0 fully saturated rings. The number of rotatable bonds is 0. The molecular weight excluding hydrogens is 540 g/mol. The maximum atomic E-state index is 6.50. The van der Waals surface area contributed by atoms with Gasteiger partial charge in [0.15, 0.2) is 5.66 Å². The molecule has 1 spiro atoms. The van der Waals surface area contributed by atoms with E-state index in [0.717, 1.165) is 22.9 Å². The Hall–Kier alpha value is -5.68.